The minimum Gasteiger partial charge on any atom is -0.444 e. The molecule has 11 heavy (non-hydrogen) atoms. The Hall–Kier alpha value is -0.165. The van der Waals surface area contributed by atoms with E-state index in [1.54, 1.807) is 6.26 Å². The molecular formula is C4H4BF3NS2-. The van der Waals surface area contributed by atoms with Gasteiger partial charge in [0.05, 0.1) is 0 Å². The monoisotopic (exact) mass is 198 g/mol. The van der Waals surface area contributed by atoms with Crippen molar-refractivity contribution in [3.8, 4) is 0 Å². The molecule has 0 fully saturated rings. The van der Waals surface area contributed by atoms with Gasteiger partial charge in [0, 0.05) is 6.20 Å². The van der Waals surface area contributed by atoms with E-state index in [1.807, 2.05) is 0 Å². The molecule has 0 bridgehead atoms. The molecule has 0 saturated carbocycles. The van der Waals surface area contributed by atoms with Gasteiger partial charge in [-0.15, -0.1) is 11.3 Å². The van der Waals surface area contributed by atoms with Crippen molar-refractivity contribution in [1.29, 1.82) is 0 Å². The Bertz CT molecular complexity index is 246. The van der Waals surface area contributed by atoms with Crippen LogP contribution in [-0.4, -0.2) is 18.2 Å². The van der Waals surface area contributed by atoms with Crippen LogP contribution in [0.15, 0.2) is 10.5 Å². The molecule has 1 nitrogen and oxygen atoms in total. The third kappa shape index (κ3) is 2.13. The molecule has 0 aliphatic carbocycles. The molecule has 7 heteroatoms. The van der Waals surface area contributed by atoms with Crippen LogP contribution in [0.2, 0.25) is 0 Å². The third-order valence-corrected chi connectivity index (χ3v) is 3.09. The first kappa shape index (κ1) is 8.93. The summed E-state index contributed by atoms with van der Waals surface area (Å²) >= 11 is 1.92. The number of aromatic nitrogens is 1. The molecule has 0 unspecified atom stereocenters. The topological polar surface area (TPSA) is 12.9 Å². The zero-order valence-electron chi connectivity index (χ0n) is 5.55. The number of hydrogen-bond donors (Lipinski definition) is 0. The normalized spacial score (nSPS) is 12.0. The summed E-state index contributed by atoms with van der Waals surface area (Å²) < 4.78 is 35.8. The fraction of sp³-hybridized carbons (Fsp3) is 0.250. The van der Waals surface area contributed by atoms with Gasteiger partial charge in [-0.2, -0.15) is 0 Å². The van der Waals surface area contributed by atoms with Gasteiger partial charge in [0.25, 0.3) is 0 Å². The van der Waals surface area contributed by atoms with E-state index in [-0.39, 0.29) is 0 Å². The maximum atomic E-state index is 12.0. The van der Waals surface area contributed by atoms with Gasteiger partial charge in [0.1, 0.15) is 4.34 Å². The fourth-order valence-electron chi connectivity index (χ4n) is 0.516. The van der Waals surface area contributed by atoms with Gasteiger partial charge in [-0.3, -0.25) is 0 Å². The first-order valence-corrected chi connectivity index (χ1v) is 4.78. The third-order valence-electron chi connectivity index (χ3n) is 1.000. The average Bonchev–Trinajstić information content (AvgIpc) is 2.32. The van der Waals surface area contributed by atoms with E-state index in [2.05, 4.69) is 4.98 Å². The van der Waals surface area contributed by atoms with E-state index in [4.69, 9.17) is 0 Å². The number of nitrogens with zero attached hydrogens (tertiary/aromatic N) is 1. The Labute approximate surface area is 70.1 Å². The lowest BCUT2D eigenvalue weighted by Gasteiger charge is -2.08. The number of halogens is 3. The highest BCUT2D eigenvalue weighted by Crippen LogP contribution is 2.20. The summed E-state index contributed by atoms with van der Waals surface area (Å²) in [6.45, 7) is -4.85. The lowest BCUT2D eigenvalue weighted by Crippen LogP contribution is -2.30. The molecule has 1 heterocycles. The van der Waals surface area contributed by atoms with Crippen molar-refractivity contribution in [2.24, 2.45) is 0 Å². The zero-order chi connectivity index (χ0) is 8.48. The summed E-state index contributed by atoms with van der Waals surface area (Å²) in [5.74, 6) is 0. The van der Waals surface area contributed by atoms with Crippen molar-refractivity contribution in [3.05, 3.63) is 6.20 Å². The van der Waals surface area contributed by atoms with E-state index in [0.717, 1.165) is 6.20 Å². The Morgan fingerprint density at radius 2 is 2.18 bits per heavy atom. The Morgan fingerprint density at radius 1 is 1.55 bits per heavy atom. The van der Waals surface area contributed by atoms with Gasteiger partial charge < -0.3 is 12.9 Å². The molecule has 0 saturated heterocycles. The second-order valence-electron chi connectivity index (χ2n) is 1.81. The van der Waals surface area contributed by atoms with Crippen LogP contribution in [0.3, 0.4) is 0 Å². The van der Waals surface area contributed by atoms with Crippen LogP contribution >= 0.6 is 23.1 Å². The van der Waals surface area contributed by atoms with Crippen LogP contribution in [0.5, 0.6) is 0 Å². The molecule has 0 amide bonds. The average molecular weight is 198 g/mol. The van der Waals surface area contributed by atoms with E-state index in [9.17, 15) is 12.9 Å². The standard InChI is InChI=1S/C4H4BF3NS2/c1-10-4-9-2-3(11-4)5(6,7)8/h2H,1H3/q-1. The number of thiazole rings is 1. The van der Waals surface area contributed by atoms with Crippen molar-refractivity contribution in [2.45, 2.75) is 4.34 Å². The highest BCUT2D eigenvalue weighted by atomic mass is 32.2. The molecule has 0 aliphatic rings. The molecule has 1 aromatic rings. The Balaban J connectivity index is 2.89. The molecular weight excluding hydrogens is 194 g/mol. The lowest BCUT2D eigenvalue weighted by molar-refractivity contribution is 0.502. The van der Waals surface area contributed by atoms with Gasteiger partial charge in [-0.1, -0.05) is 11.8 Å². The zero-order valence-corrected chi connectivity index (χ0v) is 7.19. The summed E-state index contributed by atoms with van der Waals surface area (Å²) in [5, 5.41) is 0. The van der Waals surface area contributed by atoms with Crippen molar-refractivity contribution in [3.63, 3.8) is 0 Å². The summed E-state index contributed by atoms with van der Waals surface area (Å²) in [5.41, 5.74) is 0. The van der Waals surface area contributed by atoms with Crippen LogP contribution in [0.1, 0.15) is 0 Å². The molecule has 1 aromatic heterocycles. The van der Waals surface area contributed by atoms with Crippen molar-refractivity contribution in [2.75, 3.05) is 6.26 Å². The van der Waals surface area contributed by atoms with Crippen molar-refractivity contribution >= 4 is 34.9 Å². The predicted octanol–water partition coefficient (Wildman–Crippen LogP) is 1.92. The van der Waals surface area contributed by atoms with Crippen LogP contribution in [-0.2, 0) is 0 Å². The summed E-state index contributed by atoms with van der Waals surface area (Å²) in [4.78, 5) is 3.58. The minimum atomic E-state index is -4.85. The first-order chi connectivity index (χ1) is 5.04. The van der Waals surface area contributed by atoms with Gasteiger partial charge in [0.2, 0.25) is 0 Å². The molecule has 0 radical (unpaired) electrons. The van der Waals surface area contributed by atoms with Crippen molar-refractivity contribution < 1.29 is 12.9 Å². The highest BCUT2D eigenvalue weighted by molar-refractivity contribution is 8.00. The number of thioether (sulfide) groups is 1. The highest BCUT2D eigenvalue weighted by Gasteiger charge is 2.27. The quantitative estimate of drug-likeness (QED) is 0.531. The molecule has 0 spiro atoms. The maximum Gasteiger partial charge on any atom is 0.521 e. The van der Waals surface area contributed by atoms with E-state index in [0.29, 0.717) is 15.7 Å². The van der Waals surface area contributed by atoms with Crippen molar-refractivity contribution in [1.82, 2.24) is 4.98 Å². The van der Waals surface area contributed by atoms with E-state index >= 15 is 0 Å². The number of rotatable bonds is 2. The minimum absolute atomic E-state index is 0.458. The van der Waals surface area contributed by atoms with Crippen LogP contribution in [0.4, 0.5) is 12.9 Å². The van der Waals surface area contributed by atoms with Gasteiger partial charge >= 0.3 is 6.98 Å². The van der Waals surface area contributed by atoms with E-state index < -0.39 is 11.8 Å². The Kier molecular flexibility index (Phi) is 2.48. The maximum absolute atomic E-state index is 12.0. The summed E-state index contributed by atoms with van der Waals surface area (Å²) in [6, 6.07) is 0. The van der Waals surface area contributed by atoms with E-state index in [1.165, 1.54) is 11.8 Å². The SMILES string of the molecule is CSc1ncc([B-](F)(F)F)s1. The number of hydrogen-bond acceptors (Lipinski definition) is 3. The van der Waals surface area contributed by atoms with Crippen LogP contribution in [0, 0.1) is 0 Å². The largest absolute Gasteiger partial charge is 0.521 e. The molecule has 0 aromatic carbocycles. The van der Waals surface area contributed by atoms with Crippen LogP contribution in [0.25, 0.3) is 0 Å². The smallest absolute Gasteiger partial charge is 0.444 e. The van der Waals surface area contributed by atoms with Gasteiger partial charge in [0.15, 0.2) is 0 Å². The molecule has 0 N–H and O–H groups in total. The molecule has 62 valence electrons. The molecule has 0 aliphatic heterocycles. The second-order valence-corrected chi connectivity index (χ2v) is 3.92. The Morgan fingerprint density at radius 3 is 2.45 bits per heavy atom. The molecule has 1 rings (SSSR count). The van der Waals surface area contributed by atoms with Gasteiger partial charge in [-0.05, 0) is 11.0 Å². The molecule has 0 atom stereocenters. The van der Waals surface area contributed by atoms with Gasteiger partial charge in [-0.25, -0.2) is 4.98 Å². The van der Waals surface area contributed by atoms with Crippen LogP contribution < -0.4 is 4.78 Å². The lowest BCUT2D eigenvalue weighted by atomic mass is 9.91. The first-order valence-electron chi connectivity index (χ1n) is 2.73. The summed E-state index contributed by atoms with van der Waals surface area (Å²) in [6.07, 6.45) is 2.59. The predicted molar refractivity (Wildman–Crippen MR) is 42.6 cm³/mol. The summed E-state index contributed by atoms with van der Waals surface area (Å²) in [7, 11) is 0. The second kappa shape index (κ2) is 3.06. The fourth-order valence-corrected chi connectivity index (χ4v) is 1.84.